The van der Waals surface area contributed by atoms with Crippen LogP contribution in [0.25, 0.3) is 10.9 Å². The Morgan fingerprint density at radius 1 is 1.03 bits per heavy atom. The Kier molecular flexibility index (Phi) is 4.97. The minimum absolute atomic E-state index is 0.0304. The molecule has 5 nitrogen and oxygen atoms in total. The summed E-state index contributed by atoms with van der Waals surface area (Å²) in [6.45, 7) is 8.35. The topological polar surface area (TPSA) is 79.5 Å². The number of carboxylic acid groups (broad SMARTS) is 1. The Labute approximate surface area is 172 Å². The van der Waals surface area contributed by atoms with Gasteiger partial charge in [0.25, 0.3) is 5.91 Å². The quantitative estimate of drug-likeness (QED) is 0.630. The molecule has 1 aromatic heterocycles. The van der Waals surface area contributed by atoms with Gasteiger partial charge in [-0.2, -0.15) is 0 Å². The number of hydrogen-bond acceptors (Lipinski definition) is 3. The summed E-state index contributed by atoms with van der Waals surface area (Å²) in [4.78, 5) is 25.7. The number of benzene rings is 2. The van der Waals surface area contributed by atoms with Crippen LogP contribution in [0, 0.1) is 24.0 Å². The van der Waals surface area contributed by atoms with E-state index in [-0.39, 0.29) is 27.7 Å². The first-order chi connectivity index (χ1) is 13.8. The maximum absolute atomic E-state index is 14.2. The summed E-state index contributed by atoms with van der Waals surface area (Å²) in [7, 11) is 0. The molecular weight excluding hydrogens is 392 g/mol. The van der Waals surface area contributed by atoms with Gasteiger partial charge in [0.15, 0.2) is 11.6 Å². The lowest BCUT2D eigenvalue weighted by Gasteiger charge is -2.39. The molecule has 0 spiro atoms. The minimum atomic E-state index is -1.48. The first-order valence-electron chi connectivity index (χ1n) is 9.38. The van der Waals surface area contributed by atoms with Crippen LogP contribution >= 0.6 is 0 Å². The van der Waals surface area contributed by atoms with Gasteiger partial charge in [-0.25, -0.2) is 8.78 Å². The van der Waals surface area contributed by atoms with Gasteiger partial charge in [-0.1, -0.05) is 26.8 Å². The summed E-state index contributed by atoms with van der Waals surface area (Å²) in [6.07, 6.45) is 0. The molecule has 1 atom stereocenters. The number of nitrogens with zero attached hydrogens (tertiary/aromatic N) is 1. The van der Waals surface area contributed by atoms with E-state index in [0.29, 0.717) is 0 Å². The number of halogens is 2. The van der Waals surface area contributed by atoms with Gasteiger partial charge in [0.2, 0.25) is 0 Å². The van der Waals surface area contributed by atoms with Gasteiger partial charge in [-0.05, 0) is 49.1 Å². The number of carbonyl (C=O) groups is 2. The van der Waals surface area contributed by atoms with Crippen molar-refractivity contribution in [1.82, 2.24) is 4.57 Å². The molecule has 0 aliphatic heterocycles. The highest BCUT2D eigenvalue weighted by Crippen LogP contribution is 2.47. The zero-order valence-electron chi connectivity index (χ0n) is 17.4. The summed E-state index contributed by atoms with van der Waals surface area (Å²) in [5.74, 6) is -3.97. The predicted octanol–water partition coefficient (Wildman–Crippen LogP) is 5.01. The molecule has 0 saturated heterocycles. The Bertz CT molecular complexity index is 1190. The second-order valence-electron chi connectivity index (χ2n) is 8.61. The maximum atomic E-state index is 14.2. The molecule has 1 heterocycles. The van der Waals surface area contributed by atoms with Gasteiger partial charge < -0.3 is 10.2 Å². The number of phenolic OH excluding ortho intramolecular Hbond substituents is 1. The van der Waals surface area contributed by atoms with Gasteiger partial charge >= 0.3 is 5.97 Å². The van der Waals surface area contributed by atoms with Crippen LogP contribution in [-0.2, 0) is 10.2 Å². The summed E-state index contributed by atoms with van der Waals surface area (Å²) in [6, 6.07) is 7.19. The number of aromatic hydroxyl groups is 1. The van der Waals surface area contributed by atoms with E-state index in [1.165, 1.54) is 29.7 Å². The van der Waals surface area contributed by atoms with Crippen molar-refractivity contribution in [3.8, 4) is 5.75 Å². The van der Waals surface area contributed by atoms with Gasteiger partial charge in [0.1, 0.15) is 5.82 Å². The average Bonchev–Trinajstić information content (AvgIpc) is 2.91. The van der Waals surface area contributed by atoms with E-state index in [1.54, 1.807) is 27.7 Å². The minimum Gasteiger partial charge on any atom is -0.505 e. The molecule has 0 aliphatic rings. The van der Waals surface area contributed by atoms with Crippen molar-refractivity contribution in [2.24, 2.45) is 5.41 Å². The zero-order valence-corrected chi connectivity index (χ0v) is 17.4. The molecule has 0 aliphatic carbocycles. The van der Waals surface area contributed by atoms with E-state index < -0.39 is 40.1 Å². The fourth-order valence-corrected chi connectivity index (χ4v) is 3.87. The number of phenols is 1. The molecule has 2 N–H and O–H groups in total. The molecule has 0 bridgehead atoms. The number of carbonyl (C=O) groups excluding carboxylic acids is 1. The summed E-state index contributed by atoms with van der Waals surface area (Å²) in [5.41, 5.74) is -1.57. The molecule has 0 fully saturated rings. The molecule has 0 unspecified atom stereocenters. The van der Waals surface area contributed by atoms with Crippen LogP contribution in [0.15, 0.2) is 36.4 Å². The van der Waals surface area contributed by atoms with Crippen LogP contribution in [0.3, 0.4) is 0 Å². The highest BCUT2D eigenvalue weighted by molar-refractivity contribution is 6.06. The first-order valence-corrected chi connectivity index (χ1v) is 9.38. The number of aromatic nitrogens is 1. The molecule has 30 heavy (non-hydrogen) atoms. The number of carboxylic acids is 1. The van der Waals surface area contributed by atoms with Crippen LogP contribution in [0.1, 0.15) is 49.3 Å². The lowest BCUT2D eigenvalue weighted by Crippen LogP contribution is -2.45. The van der Waals surface area contributed by atoms with Gasteiger partial charge in [-0.3, -0.25) is 14.2 Å². The Morgan fingerprint density at radius 3 is 2.20 bits per heavy atom. The number of fused-ring (bicyclic) bond motifs is 1. The molecule has 3 aromatic rings. The van der Waals surface area contributed by atoms with Crippen LogP contribution in [0.5, 0.6) is 5.75 Å². The predicted molar refractivity (Wildman–Crippen MR) is 109 cm³/mol. The van der Waals surface area contributed by atoms with E-state index in [1.807, 2.05) is 0 Å². The van der Waals surface area contributed by atoms with Crippen molar-refractivity contribution in [2.45, 2.75) is 40.0 Å². The molecule has 3 rings (SSSR count). The Balaban J connectivity index is 2.47. The highest BCUT2D eigenvalue weighted by Gasteiger charge is 2.49. The second kappa shape index (κ2) is 6.93. The third-order valence-electron chi connectivity index (χ3n) is 5.97. The van der Waals surface area contributed by atoms with E-state index in [9.17, 15) is 28.6 Å². The molecule has 2 aromatic carbocycles. The smallest absolute Gasteiger partial charge is 0.314 e. The lowest BCUT2D eigenvalue weighted by atomic mass is 9.63. The summed E-state index contributed by atoms with van der Waals surface area (Å²) >= 11 is 0. The third-order valence-corrected chi connectivity index (χ3v) is 5.97. The molecule has 7 heteroatoms. The van der Waals surface area contributed by atoms with E-state index in [0.717, 1.165) is 18.2 Å². The van der Waals surface area contributed by atoms with Crippen molar-refractivity contribution in [2.75, 3.05) is 0 Å². The standard InChI is InChI=1S/C23H23F2NO4/c1-12-19(23(5,21(29)30)22(2,3)4)15-10-18(27)16(25)11-17(15)26(12)20(28)13-7-6-8-14(24)9-13/h6-11,27H,1-5H3,(H,29,30)/t23-/m1/s1. The van der Waals surface area contributed by atoms with E-state index in [2.05, 4.69) is 0 Å². The highest BCUT2D eigenvalue weighted by atomic mass is 19.1. The molecular formula is C23H23F2NO4. The number of aliphatic carboxylic acids is 1. The van der Waals surface area contributed by atoms with Crippen LogP contribution < -0.4 is 0 Å². The fourth-order valence-electron chi connectivity index (χ4n) is 3.87. The Hall–Kier alpha value is -3.22. The van der Waals surface area contributed by atoms with Gasteiger partial charge in [0, 0.05) is 22.7 Å². The summed E-state index contributed by atoms with van der Waals surface area (Å²) in [5, 5.41) is 20.4. The van der Waals surface area contributed by atoms with E-state index >= 15 is 0 Å². The van der Waals surface area contributed by atoms with E-state index in [4.69, 9.17) is 0 Å². The zero-order chi connectivity index (χ0) is 22.6. The second-order valence-corrected chi connectivity index (χ2v) is 8.61. The normalized spacial score (nSPS) is 14.0. The maximum Gasteiger partial charge on any atom is 0.314 e. The van der Waals surface area contributed by atoms with Crippen molar-refractivity contribution in [1.29, 1.82) is 0 Å². The first kappa shape index (κ1) is 21.5. The molecule has 158 valence electrons. The lowest BCUT2D eigenvalue weighted by molar-refractivity contribution is -0.147. The average molecular weight is 415 g/mol. The Morgan fingerprint density at radius 2 is 1.67 bits per heavy atom. The van der Waals surface area contributed by atoms with Crippen LogP contribution in [0.2, 0.25) is 0 Å². The number of rotatable bonds is 3. The molecule has 0 radical (unpaired) electrons. The van der Waals surface area contributed by atoms with Gasteiger partial charge in [-0.15, -0.1) is 0 Å². The SMILES string of the molecule is Cc1c([C@](C)(C(=O)O)C(C)(C)C)c2cc(O)c(F)cc2n1C(=O)c1cccc(F)c1. The van der Waals surface area contributed by atoms with Crippen LogP contribution in [0.4, 0.5) is 8.78 Å². The van der Waals surface area contributed by atoms with Crippen molar-refractivity contribution in [3.63, 3.8) is 0 Å². The van der Waals surface area contributed by atoms with Crippen molar-refractivity contribution in [3.05, 3.63) is 64.9 Å². The van der Waals surface area contributed by atoms with Crippen LogP contribution in [-0.4, -0.2) is 26.7 Å². The molecule has 0 saturated carbocycles. The largest absolute Gasteiger partial charge is 0.505 e. The molecule has 0 amide bonds. The fraction of sp³-hybridized carbons (Fsp3) is 0.304. The van der Waals surface area contributed by atoms with Gasteiger partial charge in [0.05, 0.1) is 10.9 Å². The third kappa shape index (κ3) is 3.05. The van der Waals surface area contributed by atoms with Crippen molar-refractivity contribution >= 4 is 22.8 Å². The number of hydrogen-bond donors (Lipinski definition) is 2. The monoisotopic (exact) mass is 415 g/mol. The van der Waals surface area contributed by atoms with Crippen molar-refractivity contribution < 1.29 is 28.6 Å². The summed E-state index contributed by atoms with van der Waals surface area (Å²) < 4.78 is 29.1.